The third-order valence-electron chi connectivity index (χ3n) is 5.39. The summed E-state index contributed by atoms with van der Waals surface area (Å²) in [5.74, 6) is 1.63. The summed E-state index contributed by atoms with van der Waals surface area (Å²) >= 11 is 0. The van der Waals surface area contributed by atoms with E-state index in [0.717, 1.165) is 30.7 Å². The molecular formula is C19H19N9O. The molecule has 2 saturated heterocycles. The summed E-state index contributed by atoms with van der Waals surface area (Å²) in [6.45, 7) is 3.88. The highest BCUT2D eigenvalue weighted by Crippen LogP contribution is 2.25. The van der Waals surface area contributed by atoms with Crippen LogP contribution in [0.15, 0.2) is 49.1 Å². The second kappa shape index (κ2) is 6.33. The summed E-state index contributed by atoms with van der Waals surface area (Å²) in [7, 11) is 0. The van der Waals surface area contributed by atoms with Gasteiger partial charge in [0.05, 0.1) is 29.8 Å². The maximum Gasteiger partial charge on any atom is 0.257 e. The first kappa shape index (κ1) is 16.6. The molecule has 5 heterocycles. The lowest BCUT2D eigenvalue weighted by Gasteiger charge is -2.48. The fourth-order valence-corrected chi connectivity index (χ4v) is 3.87. The molecule has 0 bridgehead atoms. The first-order valence-corrected chi connectivity index (χ1v) is 9.56. The maximum atomic E-state index is 5.44. The molecule has 6 rings (SSSR count). The molecule has 0 unspecified atom stereocenters. The third kappa shape index (κ3) is 2.76. The van der Waals surface area contributed by atoms with Crippen molar-refractivity contribution < 1.29 is 4.74 Å². The van der Waals surface area contributed by atoms with E-state index in [4.69, 9.17) is 14.7 Å². The first-order chi connectivity index (χ1) is 14.3. The summed E-state index contributed by atoms with van der Waals surface area (Å²) in [4.78, 5) is 20.8. The number of piperazine rings is 1. The number of hydrogen-bond acceptors (Lipinski definition) is 8. The van der Waals surface area contributed by atoms with Crippen LogP contribution in [0.4, 0.5) is 5.95 Å². The Morgan fingerprint density at radius 2 is 1.86 bits per heavy atom. The van der Waals surface area contributed by atoms with E-state index in [-0.39, 0.29) is 5.54 Å². The van der Waals surface area contributed by atoms with Gasteiger partial charge in [0.15, 0.2) is 0 Å². The van der Waals surface area contributed by atoms with Crippen molar-refractivity contribution in [2.75, 3.05) is 37.7 Å². The van der Waals surface area contributed by atoms with E-state index in [2.05, 4.69) is 25.3 Å². The zero-order chi connectivity index (χ0) is 19.3. The molecule has 2 fully saturated rings. The van der Waals surface area contributed by atoms with Crippen molar-refractivity contribution in [3.63, 3.8) is 0 Å². The average molecular weight is 389 g/mol. The highest BCUT2D eigenvalue weighted by Gasteiger charge is 2.42. The number of anilines is 1. The summed E-state index contributed by atoms with van der Waals surface area (Å²) in [6, 6.07) is 9.77. The van der Waals surface area contributed by atoms with Crippen molar-refractivity contribution >= 4 is 17.0 Å². The van der Waals surface area contributed by atoms with Crippen molar-refractivity contribution in [1.82, 2.24) is 39.6 Å². The molecule has 0 radical (unpaired) electrons. The minimum atomic E-state index is -0.0153. The fraction of sp³-hybridized carbons (Fsp3) is 0.316. The minimum absolute atomic E-state index is 0.0153. The van der Waals surface area contributed by atoms with Crippen LogP contribution in [0.5, 0.6) is 0 Å². The van der Waals surface area contributed by atoms with Gasteiger partial charge in [-0.2, -0.15) is 20.1 Å². The van der Waals surface area contributed by atoms with Gasteiger partial charge in [-0.15, -0.1) is 0 Å². The van der Waals surface area contributed by atoms with E-state index in [9.17, 15) is 0 Å². The summed E-state index contributed by atoms with van der Waals surface area (Å²) in [5, 5.41) is 7.87. The zero-order valence-electron chi connectivity index (χ0n) is 15.6. The number of benzene rings is 1. The van der Waals surface area contributed by atoms with E-state index in [0.29, 0.717) is 31.1 Å². The van der Waals surface area contributed by atoms with Gasteiger partial charge in [0.1, 0.15) is 6.33 Å². The lowest BCUT2D eigenvalue weighted by molar-refractivity contribution is -0.0744. The van der Waals surface area contributed by atoms with Crippen LogP contribution >= 0.6 is 0 Å². The topological polar surface area (TPSA) is 98.8 Å². The molecule has 10 nitrogen and oxygen atoms in total. The van der Waals surface area contributed by atoms with Gasteiger partial charge in [0, 0.05) is 32.0 Å². The van der Waals surface area contributed by atoms with Crippen LogP contribution in [-0.2, 0) is 4.74 Å². The summed E-state index contributed by atoms with van der Waals surface area (Å²) in [6.07, 6.45) is 5.28. The predicted octanol–water partition coefficient (Wildman–Crippen LogP) is 0.575. The summed E-state index contributed by atoms with van der Waals surface area (Å²) < 4.78 is 8.98. The van der Waals surface area contributed by atoms with Crippen LogP contribution in [0.25, 0.3) is 22.9 Å². The van der Waals surface area contributed by atoms with Gasteiger partial charge < -0.3 is 15.0 Å². The van der Waals surface area contributed by atoms with Gasteiger partial charge in [0.2, 0.25) is 11.9 Å². The predicted molar refractivity (Wildman–Crippen MR) is 105 cm³/mol. The second-order valence-corrected chi connectivity index (χ2v) is 7.41. The van der Waals surface area contributed by atoms with Gasteiger partial charge in [-0.25, -0.2) is 9.67 Å². The van der Waals surface area contributed by atoms with Gasteiger partial charge >= 0.3 is 0 Å². The maximum absolute atomic E-state index is 5.44. The first-order valence-electron chi connectivity index (χ1n) is 9.56. The lowest BCUT2D eigenvalue weighted by Crippen LogP contribution is -2.70. The van der Waals surface area contributed by atoms with E-state index in [1.165, 1.54) is 0 Å². The Morgan fingerprint density at radius 1 is 1.00 bits per heavy atom. The molecule has 2 aliphatic rings. The quantitative estimate of drug-likeness (QED) is 0.543. The van der Waals surface area contributed by atoms with Crippen LogP contribution < -0.4 is 10.2 Å². The molecule has 0 atom stereocenters. The number of imidazole rings is 1. The van der Waals surface area contributed by atoms with Crippen LogP contribution in [0.1, 0.15) is 0 Å². The number of hydrogen-bond donors (Lipinski definition) is 1. The van der Waals surface area contributed by atoms with Crippen molar-refractivity contribution in [2.45, 2.75) is 5.54 Å². The number of ether oxygens (including phenoxy) is 1. The lowest BCUT2D eigenvalue weighted by atomic mass is 9.95. The standard InChI is InChI=1S/C19H19N9O/c1-2-5-15-14(4-1)20-13-27(15)17-23-16(24-18(25-17)28-8-3-6-22-28)26-9-7-21-19(10-26)11-29-12-19/h1-6,8,13,21H,7,9-12H2. The Balaban J connectivity index is 1.48. The number of nitrogens with zero attached hydrogens (tertiary/aromatic N) is 8. The number of para-hydroxylation sites is 2. The number of nitrogens with one attached hydrogen (secondary N) is 1. The Bertz CT molecular complexity index is 1170. The van der Waals surface area contributed by atoms with Crippen molar-refractivity contribution in [3.8, 4) is 11.9 Å². The fourth-order valence-electron chi connectivity index (χ4n) is 3.87. The van der Waals surface area contributed by atoms with E-state index in [1.54, 1.807) is 17.2 Å². The Morgan fingerprint density at radius 3 is 2.69 bits per heavy atom. The van der Waals surface area contributed by atoms with Crippen LogP contribution in [0, 0.1) is 0 Å². The number of fused-ring (bicyclic) bond motifs is 1. The van der Waals surface area contributed by atoms with Crippen molar-refractivity contribution in [1.29, 1.82) is 0 Å². The molecule has 146 valence electrons. The Hall–Kier alpha value is -3.37. The summed E-state index contributed by atoms with van der Waals surface area (Å²) in [5.41, 5.74) is 1.82. The molecule has 1 aromatic carbocycles. The van der Waals surface area contributed by atoms with E-state index in [1.807, 2.05) is 41.1 Å². The Labute approximate surface area is 166 Å². The van der Waals surface area contributed by atoms with E-state index >= 15 is 0 Å². The Kier molecular flexibility index (Phi) is 3.61. The number of rotatable bonds is 3. The highest BCUT2D eigenvalue weighted by atomic mass is 16.5. The monoisotopic (exact) mass is 389 g/mol. The molecule has 1 N–H and O–H groups in total. The van der Waals surface area contributed by atoms with Crippen LogP contribution in [0.3, 0.4) is 0 Å². The largest absolute Gasteiger partial charge is 0.377 e. The molecule has 10 heteroatoms. The van der Waals surface area contributed by atoms with Gasteiger partial charge in [-0.3, -0.25) is 4.57 Å². The molecule has 3 aromatic heterocycles. The smallest absolute Gasteiger partial charge is 0.257 e. The molecular weight excluding hydrogens is 370 g/mol. The van der Waals surface area contributed by atoms with E-state index < -0.39 is 0 Å². The van der Waals surface area contributed by atoms with Gasteiger partial charge in [-0.1, -0.05) is 12.1 Å². The third-order valence-corrected chi connectivity index (χ3v) is 5.39. The van der Waals surface area contributed by atoms with Crippen LogP contribution in [0.2, 0.25) is 0 Å². The molecule has 1 spiro atoms. The highest BCUT2D eigenvalue weighted by molar-refractivity contribution is 5.76. The van der Waals surface area contributed by atoms with Gasteiger partial charge in [-0.05, 0) is 18.2 Å². The van der Waals surface area contributed by atoms with Crippen molar-refractivity contribution in [2.24, 2.45) is 0 Å². The number of aromatic nitrogens is 7. The zero-order valence-corrected chi connectivity index (χ0v) is 15.6. The molecule has 4 aromatic rings. The minimum Gasteiger partial charge on any atom is -0.377 e. The molecule has 0 aliphatic carbocycles. The van der Waals surface area contributed by atoms with Crippen LogP contribution in [-0.4, -0.2) is 72.7 Å². The molecule has 29 heavy (non-hydrogen) atoms. The molecule has 2 aliphatic heterocycles. The van der Waals surface area contributed by atoms with Crippen molar-refractivity contribution in [3.05, 3.63) is 49.1 Å². The normalized spacial score (nSPS) is 18.3. The van der Waals surface area contributed by atoms with Gasteiger partial charge in [0.25, 0.3) is 5.95 Å². The SMILES string of the molecule is c1ccc2c(c1)ncn2-c1nc(N2CCNC3(COC3)C2)nc(-n2cccn2)n1. The molecule has 0 amide bonds. The average Bonchev–Trinajstić information content (AvgIpc) is 3.42. The molecule has 0 saturated carbocycles. The second-order valence-electron chi connectivity index (χ2n) is 7.41.